The zero-order valence-corrected chi connectivity index (χ0v) is 22.6. The van der Waals surface area contributed by atoms with Crippen molar-refractivity contribution >= 4 is 73.1 Å². The van der Waals surface area contributed by atoms with Gasteiger partial charge in [-0.1, -0.05) is 59.1 Å². The summed E-state index contributed by atoms with van der Waals surface area (Å²) in [5.41, 5.74) is 3.66. The lowest BCUT2D eigenvalue weighted by atomic mass is 10.1. The summed E-state index contributed by atoms with van der Waals surface area (Å²) < 4.78 is 7.29. The number of imide groups is 1. The lowest BCUT2D eigenvalue weighted by molar-refractivity contribution is -0.123. The molecule has 0 saturated carbocycles. The van der Waals surface area contributed by atoms with Gasteiger partial charge in [-0.05, 0) is 80.3 Å². The third-order valence-electron chi connectivity index (χ3n) is 5.10. The van der Waals surface area contributed by atoms with Crippen LogP contribution in [-0.2, 0) is 17.9 Å². The van der Waals surface area contributed by atoms with E-state index in [-0.39, 0.29) is 24.8 Å². The first-order chi connectivity index (χ1) is 16.2. The first-order valence-electron chi connectivity index (χ1n) is 10.2. The van der Waals surface area contributed by atoms with Crippen molar-refractivity contribution in [1.29, 1.82) is 0 Å². The summed E-state index contributed by atoms with van der Waals surface area (Å²) in [6, 6.07) is 16.1. The van der Waals surface area contributed by atoms with Crippen molar-refractivity contribution in [2.45, 2.75) is 20.1 Å². The molecule has 3 amide bonds. The molecule has 0 aliphatic carbocycles. The molecule has 3 aromatic rings. The topological polar surface area (TPSA) is 58.6 Å². The Morgan fingerprint density at radius 3 is 2.44 bits per heavy atom. The highest BCUT2D eigenvalue weighted by atomic mass is 79.9. The highest BCUT2D eigenvalue weighted by molar-refractivity contribution is 9.11. The number of hydrogen-bond donors (Lipinski definition) is 1. The largest absolute Gasteiger partial charge is 0.486 e. The first kappa shape index (κ1) is 24.8. The smallest absolute Gasteiger partial charge is 0.329 e. The number of aryl methyl sites for hydroxylation is 1. The molecule has 0 atom stereocenters. The Kier molecular flexibility index (Phi) is 7.67. The summed E-state index contributed by atoms with van der Waals surface area (Å²) in [5, 5.41) is 3.73. The fraction of sp³-hybridized carbons (Fsp3) is 0.120. The Balaban J connectivity index is 1.50. The van der Waals surface area contributed by atoms with Crippen molar-refractivity contribution < 1.29 is 14.3 Å². The second-order valence-corrected chi connectivity index (χ2v) is 10.3. The Hall–Kier alpha value is -2.32. The average molecular weight is 625 g/mol. The molecule has 5 nitrogen and oxygen atoms in total. The van der Waals surface area contributed by atoms with Gasteiger partial charge in [0, 0.05) is 15.6 Å². The Labute approximate surface area is 223 Å². The van der Waals surface area contributed by atoms with E-state index in [0.29, 0.717) is 30.3 Å². The number of ether oxygens (including phenoxy) is 1. The Morgan fingerprint density at radius 1 is 1.03 bits per heavy atom. The van der Waals surface area contributed by atoms with Crippen LogP contribution in [0.25, 0.3) is 6.08 Å². The second kappa shape index (κ2) is 10.5. The van der Waals surface area contributed by atoms with Crippen LogP contribution < -0.4 is 10.1 Å². The van der Waals surface area contributed by atoms with Crippen LogP contribution in [-0.4, -0.2) is 16.8 Å². The van der Waals surface area contributed by atoms with Gasteiger partial charge in [0.25, 0.3) is 5.91 Å². The molecule has 174 valence electrons. The van der Waals surface area contributed by atoms with Crippen molar-refractivity contribution in [2.75, 3.05) is 0 Å². The van der Waals surface area contributed by atoms with Crippen LogP contribution in [0.4, 0.5) is 4.79 Å². The van der Waals surface area contributed by atoms with E-state index in [4.69, 9.17) is 27.9 Å². The van der Waals surface area contributed by atoms with Gasteiger partial charge in [0.05, 0.1) is 15.5 Å². The molecule has 4 rings (SSSR count). The van der Waals surface area contributed by atoms with Crippen LogP contribution in [0.15, 0.2) is 69.2 Å². The zero-order valence-electron chi connectivity index (χ0n) is 17.9. The molecule has 1 saturated heterocycles. The van der Waals surface area contributed by atoms with Crippen molar-refractivity contribution in [3.8, 4) is 5.75 Å². The molecular weight excluding hydrogens is 607 g/mol. The van der Waals surface area contributed by atoms with Crippen LogP contribution in [0.2, 0.25) is 10.0 Å². The molecule has 0 bridgehead atoms. The van der Waals surface area contributed by atoms with Crippen molar-refractivity contribution in [3.05, 3.63) is 102 Å². The molecule has 34 heavy (non-hydrogen) atoms. The van der Waals surface area contributed by atoms with Gasteiger partial charge < -0.3 is 10.1 Å². The predicted octanol–water partition coefficient (Wildman–Crippen LogP) is 7.50. The molecule has 0 aromatic heterocycles. The number of nitrogens with one attached hydrogen (secondary N) is 1. The lowest BCUT2D eigenvalue weighted by Crippen LogP contribution is -2.30. The van der Waals surface area contributed by atoms with Crippen molar-refractivity contribution in [3.63, 3.8) is 0 Å². The summed E-state index contributed by atoms with van der Waals surface area (Å²) in [7, 11) is 0. The predicted molar refractivity (Wildman–Crippen MR) is 141 cm³/mol. The summed E-state index contributed by atoms with van der Waals surface area (Å²) in [6.07, 6.45) is 1.63. The number of carbonyl (C=O) groups excluding carboxylic acids is 2. The van der Waals surface area contributed by atoms with Crippen molar-refractivity contribution in [1.82, 2.24) is 10.2 Å². The number of benzene rings is 3. The highest BCUT2D eigenvalue weighted by Gasteiger charge is 2.33. The van der Waals surface area contributed by atoms with E-state index in [1.807, 2.05) is 37.3 Å². The molecule has 0 unspecified atom stereocenters. The van der Waals surface area contributed by atoms with E-state index in [0.717, 1.165) is 16.7 Å². The van der Waals surface area contributed by atoms with E-state index in [1.54, 1.807) is 30.3 Å². The monoisotopic (exact) mass is 622 g/mol. The van der Waals surface area contributed by atoms with Crippen LogP contribution >= 0.6 is 55.1 Å². The standard InChI is InChI=1S/C25H18Br2Cl2N2O3/c1-14-3-2-4-15(7-14)12-31-24(32)22(30-25(31)33)10-16-8-19(26)23(20(27)9-16)34-13-17-5-6-18(28)11-21(17)29/h2-11H,12-13H2,1H3,(H,30,33)/b22-10+. The number of hydrogen-bond acceptors (Lipinski definition) is 3. The number of amides is 3. The van der Waals surface area contributed by atoms with Gasteiger partial charge in [0.15, 0.2) is 0 Å². The fourth-order valence-corrected chi connectivity index (χ4v) is 5.38. The summed E-state index contributed by atoms with van der Waals surface area (Å²) in [6.45, 7) is 2.42. The maximum atomic E-state index is 12.9. The number of nitrogens with zero attached hydrogens (tertiary/aromatic N) is 1. The molecule has 0 radical (unpaired) electrons. The number of halogens is 4. The van der Waals surface area contributed by atoms with Gasteiger partial charge in [-0.15, -0.1) is 0 Å². The van der Waals surface area contributed by atoms with Crippen molar-refractivity contribution in [2.24, 2.45) is 0 Å². The van der Waals surface area contributed by atoms with Gasteiger partial charge in [0.2, 0.25) is 0 Å². The second-order valence-electron chi connectivity index (χ2n) is 7.71. The molecular formula is C25H18Br2Cl2N2O3. The van der Waals surface area contributed by atoms with Crippen LogP contribution in [0.3, 0.4) is 0 Å². The van der Waals surface area contributed by atoms with Gasteiger partial charge in [0.1, 0.15) is 18.1 Å². The van der Waals surface area contributed by atoms with Crippen LogP contribution in [0.1, 0.15) is 22.3 Å². The molecule has 1 aliphatic rings. The highest BCUT2D eigenvalue weighted by Crippen LogP contribution is 2.36. The van der Waals surface area contributed by atoms with Crippen LogP contribution in [0.5, 0.6) is 5.75 Å². The SMILES string of the molecule is Cc1cccc(CN2C(=O)N/C(=C/c3cc(Br)c(OCc4ccc(Cl)cc4Cl)c(Br)c3)C2=O)c1. The number of rotatable bonds is 6. The maximum absolute atomic E-state index is 12.9. The van der Waals surface area contributed by atoms with Gasteiger partial charge in [-0.3, -0.25) is 9.69 Å². The van der Waals surface area contributed by atoms with E-state index < -0.39 is 6.03 Å². The lowest BCUT2D eigenvalue weighted by Gasteiger charge is -2.13. The zero-order chi connectivity index (χ0) is 24.4. The fourth-order valence-electron chi connectivity index (χ4n) is 3.46. The maximum Gasteiger partial charge on any atom is 0.329 e. The van der Waals surface area contributed by atoms with Gasteiger partial charge in [-0.25, -0.2) is 4.79 Å². The average Bonchev–Trinajstić information content (AvgIpc) is 3.02. The minimum absolute atomic E-state index is 0.205. The van der Waals surface area contributed by atoms with Crippen LogP contribution in [0, 0.1) is 6.92 Å². The molecule has 3 aromatic carbocycles. The number of urea groups is 1. The van der Waals surface area contributed by atoms with E-state index >= 15 is 0 Å². The molecule has 1 fully saturated rings. The summed E-state index contributed by atoms with van der Waals surface area (Å²) in [5.74, 6) is 0.201. The normalized spacial score (nSPS) is 14.6. The molecule has 1 heterocycles. The third-order valence-corrected chi connectivity index (χ3v) is 6.87. The minimum atomic E-state index is -0.448. The van der Waals surface area contributed by atoms with Gasteiger partial charge in [-0.2, -0.15) is 0 Å². The molecule has 1 N–H and O–H groups in total. The van der Waals surface area contributed by atoms with Gasteiger partial charge >= 0.3 is 6.03 Å². The van der Waals surface area contributed by atoms with E-state index in [1.165, 1.54) is 4.90 Å². The molecule has 9 heteroatoms. The number of carbonyl (C=O) groups is 2. The summed E-state index contributed by atoms with van der Waals surface area (Å²) >= 11 is 19.2. The quantitative estimate of drug-likeness (QED) is 0.228. The van der Waals surface area contributed by atoms with E-state index in [2.05, 4.69) is 37.2 Å². The minimum Gasteiger partial charge on any atom is -0.486 e. The summed E-state index contributed by atoms with van der Waals surface area (Å²) in [4.78, 5) is 26.5. The Bertz CT molecular complexity index is 1300. The Morgan fingerprint density at radius 2 is 1.76 bits per heavy atom. The molecule has 0 spiro atoms. The third kappa shape index (κ3) is 5.66. The first-order valence-corrected chi connectivity index (χ1v) is 12.5. The van der Waals surface area contributed by atoms with E-state index in [9.17, 15) is 9.59 Å². The molecule has 1 aliphatic heterocycles.